The fourth-order valence-corrected chi connectivity index (χ4v) is 2.86. The van der Waals surface area contributed by atoms with E-state index in [1.165, 1.54) is 16.9 Å². The van der Waals surface area contributed by atoms with Crippen LogP contribution in [0.4, 0.5) is 13.2 Å². The van der Waals surface area contributed by atoms with Crippen LogP contribution in [0.15, 0.2) is 54.6 Å². The summed E-state index contributed by atoms with van der Waals surface area (Å²) in [7, 11) is 0. The van der Waals surface area contributed by atoms with Crippen molar-refractivity contribution in [2.45, 2.75) is 32.0 Å². The molecule has 29 heavy (non-hydrogen) atoms. The molecule has 0 unspecified atom stereocenters. The first-order valence-electron chi connectivity index (χ1n) is 9.18. The summed E-state index contributed by atoms with van der Waals surface area (Å²) in [6.45, 7) is 0.565. The third kappa shape index (κ3) is 5.87. The van der Waals surface area contributed by atoms with Gasteiger partial charge in [-0.05, 0) is 29.7 Å². The highest BCUT2D eigenvalue weighted by Crippen LogP contribution is 2.31. The van der Waals surface area contributed by atoms with Crippen LogP contribution >= 0.6 is 0 Å². The summed E-state index contributed by atoms with van der Waals surface area (Å²) in [5, 5.41) is 14.9. The molecule has 1 N–H and O–H groups in total. The minimum atomic E-state index is -4.40. The fraction of sp³-hybridized carbons (Fsp3) is 0.300. The maximum absolute atomic E-state index is 13.0. The molecule has 0 bridgehead atoms. The largest absolute Gasteiger partial charge is 0.416 e. The first-order chi connectivity index (χ1) is 13.9. The predicted octanol–water partition coefficient (Wildman–Crippen LogP) is 3.50. The monoisotopic (exact) mass is 403 g/mol. The summed E-state index contributed by atoms with van der Waals surface area (Å²) in [6, 6.07) is 14.8. The van der Waals surface area contributed by atoms with Crippen LogP contribution in [0.1, 0.15) is 24.0 Å². The number of nitrogens with one attached hydrogen (secondary N) is 1. The molecule has 0 aliphatic heterocycles. The number of hydrogen-bond acceptors (Lipinski definition) is 4. The molecule has 0 atom stereocenters. The van der Waals surface area contributed by atoms with Crippen molar-refractivity contribution in [3.8, 4) is 11.4 Å². The lowest BCUT2D eigenvalue weighted by molar-refractivity contribution is -0.138. The third-order valence-corrected chi connectivity index (χ3v) is 4.29. The van der Waals surface area contributed by atoms with Crippen molar-refractivity contribution >= 4 is 5.91 Å². The molecule has 2 aromatic carbocycles. The molecule has 1 heterocycles. The Labute approximate surface area is 165 Å². The molecule has 0 radical (unpaired) electrons. The molecule has 6 nitrogen and oxygen atoms in total. The Balaban J connectivity index is 1.41. The van der Waals surface area contributed by atoms with Gasteiger partial charge in [-0.25, -0.2) is 0 Å². The molecule has 3 rings (SSSR count). The Morgan fingerprint density at radius 2 is 1.76 bits per heavy atom. The maximum Gasteiger partial charge on any atom is 0.416 e. The number of aryl methyl sites for hydroxylation is 1. The highest BCUT2D eigenvalue weighted by atomic mass is 19.4. The van der Waals surface area contributed by atoms with Crippen molar-refractivity contribution in [3.05, 3.63) is 65.7 Å². The number of amides is 1. The molecular weight excluding hydrogens is 383 g/mol. The van der Waals surface area contributed by atoms with Gasteiger partial charge < -0.3 is 5.32 Å². The lowest BCUT2D eigenvalue weighted by atomic mass is 10.0. The number of hydrogen-bond donors (Lipinski definition) is 1. The number of nitrogens with zero attached hydrogens (tertiary/aromatic N) is 4. The fourth-order valence-electron chi connectivity index (χ4n) is 2.86. The van der Waals surface area contributed by atoms with E-state index < -0.39 is 11.7 Å². The van der Waals surface area contributed by atoms with Crippen molar-refractivity contribution in [2.75, 3.05) is 6.54 Å². The van der Waals surface area contributed by atoms with E-state index in [4.69, 9.17) is 0 Å². The van der Waals surface area contributed by atoms with Gasteiger partial charge in [0, 0.05) is 18.5 Å². The Kier molecular flexibility index (Phi) is 6.58. The lowest BCUT2D eigenvalue weighted by Gasteiger charge is -2.12. The minimum Gasteiger partial charge on any atom is -0.356 e. The number of benzene rings is 2. The quantitative estimate of drug-likeness (QED) is 0.625. The highest BCUT2D eigenvalue weighted by molar-refractivity contribution is 5.75. The molecule has 9 heteroatoms. The van der Waals surface area contributed by atoms with Crippen LogP contribution in [0.3, 0.4) is 0 Å². The molecule has 0 fully saturated rings. The van der Waals surface area contributed by atoms with E-state index in [0.717, 1.165) is 11.6 Å². The van der Waals surface area contributed by atoms with Gasteiger partial charge in [0.2, 0.25) is 11.7 Å². The van der Waals surface area contributed by atoms with E-state index in [-0.39, 0.29) is 30.9 Å². The number of tetrazole rings is 1. The second-order valence-electron chi connectivity index (χ2n) is 6.43. The van der Waals surface area contributed by atoms with E-state index in [9.17, 15) is 18.0 Å². The van der Waals surface area contributed by atoms with Gasteiger partial charge in [-0.15, -0.1) is 10.2 Å². The number of carbonyl (C=O) groups is 1. The highest BCUT2D eigenvalue weighted by Gasteiger charge is 2.32. The standard InChI is InChI=1S/C20H20F3N5O/c21-20(22,23)17-10-5-4-7-15(17)12-13-24-18(29)11-6-14-28-26-19(25-27-28)16-8-2-1-3-9-16/h1-5,7-10H,6,11-14H2,(H,24,29). The summed E-state index contributed by atoms with van der Waals surface area (Å²) < 4.78 is 38.9. The normalized spacial score (nSPS) is 11.4. The molecule has 0 saturated carbocycles. The molecular formula is C20H20F3N5O. The first kappa shape index (κ1) is 20.5. The Bertz CT molecular complexity index is 941. The van der Waals surface area contributed by atoms with Gasteiger partial charge in [-0.3, -0.25) is 4.79 Å². The van der Waals surface area contributed by atoms with Crippen molar-refractivity contribution in [1.29, 1.82) is 0 Å². The summed E-state index contributed by atoms with van der Waals surface area (Å²) in [6.07, 6.45) is -3.56. The van der Waals surface area contributed by atoms with E-state index in [1.807, 2.05) is 30.3 Å². The number of carbonyl (C=O) groups excluding carboxylic acids is 1. The molecule has 3 aromatic rings. The molecule has 0 spiro atoms. The SMILES string of the molecule is O=C(CCCn1nnc(-c2ccccc2)n1)NCCc1ccccc1C(F)(F)F. The average Bonchev–Trinajstić information content (AvgIpc) is 3.17. The van der Waals surface area contributed by atoms with Gasteiger partial charge in [-0.2, -0.15) is 18.0 Å². The van der Waals surface area contributed by atoms with Crippen LogP contribution in [0.5, 0.6) is 0 Å². The van der Waals surface area contributed by atoms with Crippen molar-refractivity contribution < 1.29 is 18.0 Å². The summed E-state index contributed by atoms with van der Waals surface area (Å²) in [5.74, 6) is 0.288. The van der Waals surface area contributed by atoms with Crippen molar-refractivity contribution in [2.24, 2.45) is 0 Å². The Hall–Kier alpha value is -3.23. The molecule has 1 aromatic heterocycles. The molecule has 0 aliphatic carbocycles. The maximum atomic E-state index is 13.0. The number of alkyl halides is 3. The number of rotatable bonds is 8. The third-order valence-electron chi connectivity index (χ3n) is 4.29. The first-order valence-corrected chi connectivity index (χ1v) is 9.18. The molecule has 0 aliphatic rings. The predicted molar refractivity (Wildman–Crippen MR) is 101 cm³/mol. The minimum absolute atomic E-state index is 0.118. The van der Waals surface area contributed by atoms with Crippen LogP contribution in [0, 0.1) is 0 Å². The molecule has 0 saturated heterocycles. The zero-order valence-corrected chi connectivity index (χ0v) is 15.6. The topological polar surface area (TPSA) is 72.7 Å². The van der Waals surface area contributed by atoms with Crippen LogP contribution in [-0.4, -0.2) is 32.7 Å². The van der Waals surface area contributed by atoms with Gasteiger partial charge in [0.1, 0.15) is 0 Å². The van der Waals surface area contributed by atoms with Crippen LogP contribution in [0.2, 0.25) is 0 Å². The van der Waals surface area contributed by atoms with Crippen molar-refractivity contribution in [3.63, 3.8) is 0 Å². The van der Waals surface area contributed by atoms with E-state index in [0.29, 0.717) is 18.8 Å². The summed E-state index contributed by atoms with van der Waals surface area (Å²) in [4.78, 5) is 13.4. The average molecular weight is 403 g/mol. The molecule has 1 amide bonds. The lowest BCUT2D eigenvalue weighted by Crippen LogP contribution is -2.26. The smallest absolute Gasteiger partial charge is 0.356 e. The van der Waals surface area contributed by atoms with E-state index in [2.05, 4.69) is 20.7 Å². The van der Waals surface area contributed by atoms with Gasteiger partial charge >= 0.3 is 6.18 Å². The number of aromatic nitrogens is 4. The second-order valence-corrected chi connectivity index (χ2v) is 6.43. The van der Waals surface area contributed by atoms with E-state index in [1.54, 1.807) is 6.07 Å². The van der Waals surface area contributed by atoms with Crippen molar-refractivity contribution in [1.82, 2.24) is 25.5 Å². The van der Waals surface area contributed by atoms with Gasteiger partial charge in [0.15, 0.2) is 0 Å². The Morgan fingerprint density at radius 3 is 2.52 bits per heavy atom. The summed E-state index contributed by atoms with van der Waals surface area (Å²) in [5.41, 5.74) is 0.358. The van der Waals surface area contributed by atoms with Crippen LogP contribution in [0.25, 0.3) is 11.4 Å². The summed E-state index contributed by atoms with van der Waals surface area (Å²) >= 11 is 0. The van der Waals surface area contributed by atoms with Crippen LogP contribution < -0.4 is 5.32 Å². The number of halogens is 3. The molecule has 152 valence electrons. The van der Waals surface area contributed by atoms with Gasteiger partial charge in [0.25, 0.3) is 0 Å². The second kappa shape index (κ2) is 9.31. The zero-order valence-electron chi connectivity index (χ0n) is 15.6. The zero-order chi connectivity index (χ0) is 20.7. The van der Waals surface area contributed by atoms with E-state index >= 15 is 0 Å². The van der Waals surface area contributed by atoms with Crippen LogP contribution in [-0.2, 0) is 23.9 Å². The van der Waals surface area contributed by atoms with Gasteiger partial charge in [0.05, 0.1) is 12.1 Å². The Morgan fingerprint density at radius 1 is 1.03 bits per heavy atom. The van der Waals surface area contributed by atoms with Gasteiger partial charge in [-0.1, -0.05) is 48.5 Å².